The van der Waals surface area contributed by atoms with Gasteiger partial charge in [-0.3, -0.25) is 0 Å². The summed E-state index contributed by atoms with van der Waals surface area (Å²) >= 11 is 0. The molecule has 2 N–H and O–H groups in total. The van der Waals surface area contributed by atoms with Crippen LogP contribution in [-0.2, 0) is 9.47 Å². The Morgan fingerprint density at radius 2 is 1.42 bits per heavy atom. The van der Waals surface area contributed by atoms with E-state index in [2.05, 4.69) is 34.6 Å². The molecular formula is C23H39NO2. The van der Waals surface area contributed by atoms with Crippen LogP contribution < -0.4 is 5.73 Å². The van der Waals surface area contributed by atoms with E-state index in [-0.39, 0.29) is 12.2 Å². The van der Waals surface area contributed by atoms with Crippen molar-refractivity contribution in [3.63, 3.8) is 0 Å². The smallest absolute Gasteiger partial charge is 0.163 e. The lowest BCUT2D eigenvalue weighted by molar-refractivity contribution is -0.180. The molecule has 0 aromatic carbocycles. The van der Waals surface area contributed by atoms with E-state index in [1.54, 1.807) is 0 Å². The molecule has 0 spiro atoms. The predicted octanol–water partition coefficient (Wildman–Crippen LogP) is 4.73. The van der Waals surface area contributed by atoms with Gasteiger partial charge in [0.15, 0.2) is 5.79 Å². The molecule has 10 atom stereocenters. The normalized spacial score (nSPS) is 60.7. The second-order valence-corrected chi connectivity index (χ2v) is 11.5. The van der Waals surface area contributed by atoms with Gasteiger partial charge in [-0.25, -0.2) is 0 Å². The number of nitrogens with two attached hydrogens (primary N) is 1. The van der Waals surface area contributed by atoms with Gasteiger partial charge in [-0.05, 0) is 99.2 Å². The third kappa shape index (κ3) is 2.23. The molecule has 1 aliphatic heterocycles. The summed E-state index contributed by atoms with van der Waals surface area (Å²) in [5, 5.41) is 0. The van der Waals surface area contributed by atoms with Crippen LogP contribution >= 0.6 is 0 Å². The highest BCUT2D eigenvalue weighted by molar-refractivity contribution is 5.15. The van der Waals surface area contributed by atoms with Crippen LogP contribution in [0.3, 0.4) is 0 Å². The summed E-state index contributed by atoms with van der Waals surface area (Å²) in [5.74, 6) is 3.28. The largest absolute Gasteiger partial charge is 0.344 e. The first-order chi connectivity index (χ1) is 12.2. The average Bonchev–Trinajstić information content (AvgIpc) is 3.05. The van der Waals surface area contributed by atoms with E-state index >= 15 is 0 Å². The molecule has 5 fully saturated rings. The van der Waals surface area contributed by atoms with E-state index in [0.29, 0.717) is 28.7 Å². The molecule has 0 radical (unpaired) electrons. The van der Waals surface area contributed by atoms with Crippen LogP contribution in [0.1, 0.15) is 79.6 Å². The van der Waals surface area contributed by atoms with Gasteiger partial charge >= 0.3 is 0 Å². The number of hydrogen-bond acceptors (Lipinski definition) is 3. The van der Waals surface area contributed by atoms with Gasteiger partial charge in [-0.1, -0.05) is 20.8 Å². The fourth-order valence-corrected chi connectivity index (χ4v) is 8.48. The molecule has 26 heavy (non-hydrogen) atoms. The summed E-state index contributed by atoms with van der Waals surface area (Å²) in [6.45, 7) is 11.9. The molecule has 5 rings (SSSR count). The van der Waals surface area contributed by atoms with Gasteiger partial charge in [-0.2, -0.15) is 0 Å². The molecule has 4 aliphatic carbocycles. The molecular weight excluding hydrogens is 322 g/mol. The van der Waals surface area contributed by atoms with Crippen LogP contribution in [0.15, 0.2) is 0 Å². The molecule has 5 aliphatic rings. The second-order valence-electron chi connectivity index (χ2n) is 11.5. The topological polar surface area (TPSA) is 44.5 Å². The summed E-state index contributed by atoms with van der Waals surface area (Å²) in [5.41, 5.74) is 7.34. The Morgan fingerprint density at radius 1 is 0.769 bits per heavy atom. The molecule has 3 nitrogen and oxygen atoms in total. The molecule has 0 amide bonds. The van der Waals surface area contributed by atoms with Crippen molar-refractivity contribution in [2.24, 2.45) is 46.2 Å². The summed E-state index contributed by atoms with van der Waals surface area (Å²) in [4.78, 5) is 0. The molecule has 4 saturated carbocycles. The lowest BCUT2D eigenvalue weighted by Gasteiger charge is -2.63. The molecule has 1 heterocycles. The SMILES string of the molecule is CC1CCC2C3C(CC[C@]12C)[C@@]1(C)CC[C@H](N)CC1[C@H]1OC(C)(C)O[C@H]31. The highest BCUT2D eigenvalue weighted by Crippen LogP contribution is 2.69. The first-order valence-electron chi connectivity index (χ1n) is 11.3. The van der Waals surface area contributed by atoms with Gasteiger partial charge in [0.25, 0.3) is 0 Å². The quantitative estimate of drug-likeness (QED) is 0.678. The zero-order valence-electron chi connectivity index (χ0n) is 17.5. The monoisotopic (exact) mass is 361 g/mol. The first-order valence-corrected chi connectivity index (χ1v) is 11.3. The molecule has 0 bridgehead atoms. The Hall–Kier alpha value is -0.120. The Bertz CT molecular complexity index is 591. The van der Waals surface area contributed by atoms with Gasteiger partial charge in [-0.15, -0.1) is 0 Å². The van der Waals surface area contributed by atoms with Crippen LogP contribution in [0, 0.1) is 40.4 Å². The lowest BCUT2D eigenvalue weighted by atomic mass is 9.43. The standard InChI is InChI=1S/C23H39NO2/c1-13-6-7-15-18-16(9-11-22(13,15)4)23(5)10-8-14(24)12-17(23)19-20(18)26-21(2,3)25-19/h13-20H,6-12,24H2,1-5H3/t13?,14-,15?,16?,17?,18?,19+,20+,22+,23+/m0/s1. The minimum atomic E-state index is -0.440. The molecule has 3 heteroatoms. The molecule has 0 aromatic rings. The Kier molecular flexibility index (Phi) is 3.78. The molecule has 148 valence electrons. The summed E-state index contributed by atoms with van der Waals surface area (Å²) in [6, 6.07) is 0.345. The first kappa shape index (κ1) is 17.9. The van der Waals surface area contributed by atoms with Crippen molar-refractivity contribution in [3.05, 3.63) is 0 Å². The Labute approximate surface area is 159 Å². The second kappa shape index (κ2) is 5.48. The van der Waals surface area contributed by atoms with Crippen LogP contribution in [0.25, 0.3) is 0 Å². The third-order valence-electron chi connectivity index (χ3n) is 10.1. The van der Waals surface area contributed by atoms with Crippen molar-refractivity contribution < 1.29 is 9.47 Å². The van der Waals surface area contributed by atoms with E-state index in [1.165, 1.54) is 38.5 Å². The zero-order valence-corrected chi connectivity index (χ0v) is 17.5. The third-order valence-corrected chi connectivity index (χ3v) is 10.1. The minimum Gasteiger partial charge on any atom is -0.344 e. The van der Waals surface area contributed by atoms with E-state index in [0.717, 1.165) is 24.2 Å². The Balaban J connectivity index is 1.58. The Morgan fingerprint density at radius 3 is 2.19 bits per heavy atom. The minimum absolute atomic E-state index is 0.251. The highest BCUT2D eigenvalue weighted by atomic mass is 16.8. The maximum atomic E-state index is 6.68. The van der Waals surface area contributed by atoms with Crippen molar-refractivity contribution in [1.82, 2.24) is 0 Å². The van der Waals surface area contributed by atoms with Crippen molar-refractivity contribution in [3.8, 4) is 0 Å². The average molecular weight is 362 g/mol. The van der Waals surface area contributed by atoms with Crippen LogP contribution in [0.5, 0.6) is 0 Å². The van der Waals surface area contributed by atoms with Gasteiger partial charge in [0.1, 0.15) is 0 Å². The maximum Gasteiger partial charge on any atom is 0.163 e. The van der Waals surface area contributed by atoms with Crippen LogP contribution in [-0.4, -0.2) is 24.0 Å². The maximum absolute atomic E-state index is 6.68. The van der Waals surface area contributed by atoms with E-state index in [9.17, 15) is 0 Å². The van der Waals surface area contributed by atoms with Gasteiger partial charge in [0, 0.05) is 6.04 Å². The number of hydrogen-bond donors (Lipinski definition) is 1. The summed E-state index contributed by atoms with van der Waals surface area (Å²) < 4.78 is 13.3. The van der Waals surface area contributed by atoms with Crippen molar-refractivity contribution in [2.75, 3.05) is 0 Å². The lowest BCUT2D eigenvalue weighted by Crippen LogP contribution is -2.63. The van der Waals surface area contributed by atoms with Crippen molar-refractivity contribution >= 4 is 0 Å². The fraction of sp³-hybridized carbons (Fsp3) is 1.00. The fourth-order valence-electron chi connectivity index (χ4n) is 8.48. The van der Waals surface area contributed by atoms with E-state index in [4.69, 9.17) is 15.2 Å². The summed E-state index contributed by atoms with van der Waals surface area (Å²) in [6.07, 6.45) is 9.73. The van der Waals surface area contributed by atoms with Gasteiger partial charge in [0.2, 0.25) is 0 Å². The molecule has 5 unspecified atom stereocenters. The van der Waals surface area contributed by atoms with Gasteiger partial charge < -0.3 is 15.2 Å². The number of rotatable bonds is 0. The predicted molar refractivity (Wildman–Crippen MR) is 103 cm³/mol. The van der Waals surface area contributed by atoms with Gasteiger partial charge in [0.05, 0.1) is 12.2 Å². The van der Waals surface area contributed by atoms with Crippen molar-refractivity contribution in [1.29, 1.82) is 0 Å². The van der Waals surface area contributed by atoms with E-state index < -0.39 is 5.79 Å². The summed E-state index contributed by atoms with van der Waals surface area (Å²) in [7, 11) is 0. The number of ether oxygens (including phenoxy) is 2. The number of fused-ring (bicyclic) bond motifs is 8. The van der Waals surface area contributed by atoms with Crippen molar-refractivity contribution in [2.45, 2.75) is 104 Å². The highest BCUT2D eigenvalue weighted by Gasteiger charge is 2.67. The van der Waals surface area contributed by atoms with Crippen LogP contribution in [0.2, 0.25) is 0 Å². The van der Waals surface area contributed by atoms with Crippen LogP contribution in [0.4, 0.5) is 0 Å². The zero-order chi connectivity index (χ0) is 18.5. The molecule has 0 aromatic heterocycles. The molecule has 1 saturated heterocycles. The van der Waals surface area contributed by atoms with E-state index in [1.807, 2.05) is 0 Å².